The van der Waals surface area contributed by atoms with E-state index in [1.165, 1.54) is 0 Å². The van der Waals surface area contributed by atoms with Gasteiger partial charge in [-0.1, -0.05) is 24.3 Å². The molecule has 2 atom stereocenters. The number of carboxylic acid groups (broad SMARTS) is 2. The third-order valence-electron chi connectivity index (χ3n) is 2.52. The van der Waals surface area contributed by atoms with Gasteiger partial charge in [0.05, 0.1) is 11.8 Å². The number of rotatable bonds is 2. The second-order valence-electron chi connectivity index (χ2n) is 3.30. The van der Waals surface area contributed by atoms with E-state index in [9.17, 15) is 9.59 Å². The maximum Gasteiger partial charge on any atom is 0.312 e. The zero-order valence-electron chi connectivity index (χ0n) is 7.18. The maximum absolute atomic E-state index is 10.9. The molecular formula is C10H8O4. The van der Waals surface area contributed by atoms with Crippen LogP contribution < -0.4 is 0 Å². The summed E-state index contributed by atoms with van der Waals surface area (Å²) in [7, 11) is 0. The van der Waals surface area contributed by atoms with Gasteiger partial charge in [0.25, 0.3) is 0 Å². The van der Waals surface area contributed by atoms with Crippen LogP contribution in [-0.2, 0) is 9.59 Å². The Labute approximate surface area is 79.8 Å². The molecule has 0 amide bonds. The van der Waals surface area contributed by atoms with E-state index in [0.29, 0.717) is 11.1 Å². The molecule has 2 unspecified atom stereocenters. The highest BCUT2D eigenvalue weighted by Crippen LogP contribution is 2.38. The normalized spacial score (nSPS) is 23.4. The van der Waals surface area contributed by atoms with E-state index >= 15 is 0 Å². The van der Waals surface area contributed by atoms with Crippen molar-refractivity contribution >= 4 is 11.9 Å². The van der Waals surface area contributed by atoms with Gasteiger partial charge in [0.1, 0.15) is 0 Å². The van der Waals surface area contributed by atoms with Gasteiger partial charge < -0.3 is 10.2 Å². The number of hydrogen-bond acceptors (Lipinski definition) is 2. The second kappa shape index (κ2) is 2.83. The number of carboxylic acids is 2. The lowest BCUT2D eigenvalue weighted by molar-refractivity contribution is -0.147. The van der Waals surface area contributed by atoms with Crippen LogP contribution in [0.4, 0.5) is 0 Å². The molecule has 14 heavy (non-hydrogen) atoms. The SMILES string of the molecule is O=C(O)C1c2ccc(cc2)C1C(=O)O. The molecule has 72 valence electrons. The Hall–Kier alpha value is -1.84. The minimum absolute atomic E-state index is 0.555. The summed E-state index contributed by atoms with van der Waals surface area (Å²) in [5.74, 6) is -4.04. The van der Waals surface area contributed by atoms with Gasteiger partial charge in [-0.25, -0.2) is 0 Å². The smallest absolute Gasteiger partial charge is 0.312 e. The lowest BCUT2D eigenvalue weighted by atomic mass is 9.76. The van der Waals surface area contributed by atoms with Crippen molar-refractivity contribution in [2.24, 2.45) is 0 Å². The molecule has 4 nitrogen and oxygen atoms in total. The van der Waals surface area contributed by atoms with Gasteiger partial charge in [0.15, 0.2) is 0 Å². The Kier molecular flexibility index (Phi) is 1.77. The van der Waals surface area contributed by atoms with Crippen molar-refractivity contribution in [3.63, 3.8) is 0 Å². The molecule has 4 heteroatoms. The van der Waals surface area contributed by atoms with Crippen LogP contribution in [0.5, 0.6) is 0 Å². The highest BCUT2D eigenvalue weighted by Gasteiger charge is 2.39. The largest absolute Gasteiger partial charge is 0.481 e. The van der Waals surface area contributed by atoms with E-state index in [1.807, 2.05) is 0 Å². The summed E-state index contributed by atoms with van der Waals surface area (Å²) < 4.78 is 0. The van der Waals surface area contributed by atoms with E-state index in [1.54, 1.807) is 24.3 Å². The molecule has 1 aromatic carbocycles. The highest BCUT2D eigenvalue weighted by atomic mass is 16.4. The average Bonchev–Trinajstić information content (AvgIpc) is 2.17. The van der Waals surface area contributed by atoms with Gasteiger partial charge in [-0.05, 0) is 11.1 Å². The van der Waals surface area contributed by atoms with Gasteiger partial charge in [0.2, 0.25) is 0 Å². The van der Waals surface area contributed by atoms with E-state index < -0.39 is 23.8 Å². The lowest BCUT2D eigenvalue weighted by Crippen LogP contribution is -2.29. The molecule has 0 spiro atoms. The first kappa shape index (κ1) is 8.74. The van der Waals surface area contributed by atoms with Crippen molar-refractivity contribution in [1.29, 1.82) is 0 Å². The van der Waals surface area contributed by atoms with Crippen LogP contribution in [0.15, 0.2) is 24.3 Å². The molecule has 0 aliphatic heterocycles. The quantitative estimate of drug-likeness (QED) is 0.734. The summed E-state index contributed by atoms with van der Waals surface area (Å²) in [5.41, 5.74) is 1.11. The van der Waals surface area contributed by atoms with Crippen LogP contribution in [0, 0.1) is 0 Å². The van der Waals surface area contributed by atoms with Crippen molar-refractivity contribution < 1.29 is 19.8 Å². The first-order chi connectivity index (χ1) is 6.61. The molecule has 2 aliphatic rings. The molecule has 1 aromatic rings. The van der Waals surface area contributed by atoms with E-state index in [2.05, 4.69) is 0 Å². The monoisotopic (exact) mass is 192 g/mol. The summed E-state index contributed by atoms with van der Waals surface area (Å²) in [6.45, 7) is 0. The van der Waals surface area contributed by atoms with Gasteiger partial charge in [-0.15, -0.1) is 0 Å². The summed E-state index contributed by atoms with van der Waals surface area (Å²) >= 11 is 0. The standard InChI is InChI=1S/C10H8O4/c11-9(12)7-5-1-2-6(4-3-5)8(7)10(13)14/h1-4,7-8H,(H,11,12)(H,13,14). The Morgan fingerprint density at radius 3 is 1.36 bits per heavy atom. The second-order valence-corrected chi connectivity index (χ2v) is 3.30. The van der Waals surface area contributed by atoms with Crippen LogP contribution in [0.3, 0.4) is 0 Å². The van der Waals surface area contributed by atoms with Crippen molar-refractivity contribution in [2.45, 2.75) is 11.8 Å². The van der Waals surface area contributed by atoms with E-state index in [-0.39, 0.29) is 0 Å². The fourth-order valence-electron chi connectivity index (χ4n) is 1.87. The number of fused-ring (bicyclic) bond motifs is 3. The molecule has 0 saturated carbocycles. The molecule has 0 saturated heterocycles. The fraction of sp³-hybridized carbons (Fsp3) is 0.200. The molecule has 0 fully saturated rings. The predicted molar refractivity (Wildman–Crippen MR) is 47.2 cm³/mol. The Bertz CT molecular complexity index is 354. The van der Waals surface area contributed by atoms with Crippen molar-refractivity contribution in [2.75, 3.05) is 0 Å². The molecule has 0 aromatic heterocycles. The van der Waals surface area contributed by atoms with Crippen molar-refractivity contribution in [1.82, 2.24) is 0 Å². The molecule has 2 aliphatic carbocycles. The van der Waals surface area contributed by atoms with Crippen LogP contribution in [-0.4, -0.2) is 22.2 Å². The third kappa shape index (κ3) is 1.08. The highest BCUT2D eigenvalue weighted by molar-refractivity contribution is 5.89. The Morgan fingerprint density at radius 1 is 0.857 bits per heavy atom. The zero-order chi connectivity index (χ0) is 10.3. The topological polar surface area (TPSA) is 74.6 Å². The molecule has 0 heterocycles. The van der Waals surface area contributed by atoms with E-state index in [4.69, 9.17) is 10.2 Å². The van der Waals surface area contributed by atoms with Crippen LogP contribution in [0.2, 0.25) is 0 Å². The number of carbonyl (C=O) groups is 2. The first-order valence-corrected chi connectivity index (χ1v) is 4.16. The van der Waals surface area contributed by atoms with Crippen LogP contribution in [0.1, 0.15) is 23.0 Å². The lowest BCUT2D eigenvalue weighted by Gasteiger charge is -2.26. The fourth-order valence-corrected chi connectivity index (χ4v) is 1.87. The molecular weight excluding hydrogens is 184 g/mol. The summed E-state index contributed by atoms with van der Waals surface area (Å²) in [6.07, 6.45) is 0. The van der Waals surface area contributed by atoms with Crippen LogP contribution in [0.25, 0.3) is 0 Å². The summed E-state index contributed by atoms with van der Waals surface area (Å²) in [5, 5.41) is 17.8. The number of benzene rings is 1. The predicted octanol–water partition coefficient (Wildman–Crippen LogP) is 1.04. The summed E-state index contributed by atoms with van der Waals surface area (Å²) in [4.78, 5) is 21.8. The molecule has 0 radical (unpaired) electrons. The number of hydrogen-bond donors (Lipinski definition) is 2. The van der Waals surface area contributed by atoms with Gasteiger partial charge in [-0.2, -0.15) is 0 Å². The first-order valence-electron chi connectivity index (χ1n) is 4.16. The maximum atomic E-state index is 10.9. The molecule has 3 rings (SSSR count). The zero-order valence-corrected chi connectivity index (χ0v) is 7.18. The summed E-state index contributed by atoms with van der Waals surface area (Å²) in [6, 6.07) is 6.64. The Balaban J connectivity index is 2.53. The van der Waals surface area contributed by atoms with Crippen LogP contribution >= 0.6 is 0 Å². The number of aliphatic carboxylic acids is 2. The Morgan fingerprint density at radius 2 is 1.14 bits per heavy atom. The molecule has 2 N–H and O–H groups in total. The minimum atomic E-state index is -1.08. The average molecular weight is 192 g/mol. The van der Waals surface area contributed by atoms with E-state index in [0.717, 1.165) is 0 Å². The van der Waals surface area contributed by atoms with Gasteiger partial charge in [0, 0.05) is 0 Å². The van der Waals surface area contributed by atoms with Crippen molar-refractivity contribution in [3.05, 3.63) is 35.4 Å². The van der Waals surface area contributed by atoms with Crippen molar-refractivity contribution in [3.8, 4) is 0 Å². The minimum Gasteiger partial charge on any atom is -0.481 e. The molecule has 2 bridgehead atoms. The van der Waals surface area contributed by atoms with Gasteiger partial charge >= 0.3 is 11.9 Å². The van der Waals surface area contributed by atoms with Gasteiger partial charge in [-0.3, -0.25) is 9.59 Å². The third-order valence-corrected chi connectivity index (χ3v) is 2.52.